The summed E-state index contributed by atoms with van der Waals surface area (Å²) >= 11 is 5.05. The summed E-state index contributed by atoms with van der Waals surface area (Å²) in [7, 11) is 0. The Balaban J connectivity index is 2.10. The number of aryl methyl sites for hydroxylation is 1. The molecule has 1 atom stereocenters. The molecule has 16 heavy (non-hydrogen) atoms. The van der Waals surface area contributed by atoms with E-state index in [1.807, 2.05) is 25.4 Å². The summed E-state index contributed by atoms with van der Waals surface area (Å²) in [4.78, 5) is 9.45. The van der Waals surface area contributed by atoms with Gasteiger partial charge in [-0.05, 0) is 40.9 Å². The van der Waals surface area contributed by atoms with Gasteiger partial charge in [0.1, 0.15) is 0 Å². The van der Waals surface area contributed by atoms with E-state index in [4.69, 9.17) is 5.73 Å². The fourth-order valence-electron chi connectivity index (χ4n) is 1.47. The molecule has 2 heterocycles. The maximum absolute atomic E-state index is 6.12. The molecule has 1 unspecified atom stereocenters. The Morgan fingerprint density at radius 2 is 2.25 bits per heavy atom. The van der Waals surface area contributed by atoms with E-state index in [0.717, 1.165) is 26.3 Å². The third kappa shape index (κ3) is 2.87. The van der Waals surface area contributed by atoms with Crippen molar-refractivity contribution < 1.29 is 0 Å². The van der Waals surface area contributed by atoms with Crippen molar-refractivity contribution in [3.05, 3.63) is 44.6 Å². The lowest BCUT2D eigenvalue weighted by Crippen LogP contribution is -2.11. The molecule has 0 aliphatic heterocycles. The van der Waals surface area contributed by atoms with E-state index in [-0.39, 0.29) is 6.04 Å². The van der Waals surface area contributed by atoms with Crippen molar-refractivity contribution in [1.29, 1.82) is 0 Å². The van der Waals surface area contributed by atoms with E-state index in [0.29, 0.717) is 0 Å². The third-order valence-electron chi connectivity index (χ3n) is 2.22. The molecule has 2 aromatic rings. The van der Waals surface area contributed by atoms with E-state index in [2.05, 4.69) is 25.9 Å². The largest absolute Gasteiger partial charge is 0.323 e. The van der Waals surface area contributed by atoms with Gasteiger partial charge in [0.05, 0.1) is 5.01 Å². The first-order valence-corrected chi connectivity index (χ1v) is 6.53. The van der Waals surface area contributed by atoms with Gasteiger partial charge in [-0.2, -0.15) is 0 Å². The standard InChI is InChI=1S/C11H12BrN3S/c1-7-15-6-11(16-7)10(13)3-8-2-9(12)5-14-4-8/h2,4-6,10H,3,13H2,1H3. The molecule has 0 aliphatic carbocycles. The molecule has 2 N–H and O–H groups in total. The molecule has 0 saturated carbocycles. The maximum Gasteiger partial charge on any atom is 0.0897 e. The summed E-state index contributed by atoms with van der Waals surface area (Å²) in [5, 5.41) is 1.05. The summed E-state index contributed by atoms with van der Waals surface area (Å²) in [6, 6.07) is 2.04. The lowest BCUT2D eigenvalue weighted by Gasteiger charge is -2.08. The Bertz CT molecular complexity index is 484. The second-order valence-electron chi connectivity index (χ2n) is 3.60. The molecule has 0 radical (unpaired) electrons. The first-order chi connectivity index (χ1) is 7.65. The predicted octanol–water partition coefficient (Wildman–Crippen LogP) is 2.85. The fourth-order valence-corrected chi connectivity index (χ4v) is 2.67. The van der Waals surface area contributed by atoms with Gasteiger partial charge >= 0.3 is 0 Å². The van der Waals surface area contributed by atoms with Crippen LogP contribution >= 0.6 is 27.3 Å². The van der Waals surface area contributed by atoms with Crippen LogP contribution in [0.15, 0.2) is 29.1 Å². The second kappa shape index (κ2) is 5.03. The highest BCUT2D eigenvalue weighted by Crippen LogP contribution is 2.22. The zero-order valence-corrected chi connectivity index (χ0v) is 11.3. The average molecular weight is 298 g/mol. The van der Waals surface area contributed by atoms with Gasteiger partial charge < -0.3 is 5.73 Å². The first kappa shape index (κ1) is 11.7. The van der Waals surface area contributed by atoms with Crippen LogP contribution in [0, 0.1) is 6.92 Å². The molecule has 84 valence electrons. The molecule has 0 aliphatic rings. The Kier molecular flexibility index (Phi) is 3.68. The van der Waals surface area contributed by atoms with Crippen LogP contribution in [0.1, 0.15) is 21.5 Å². The SMILES string of the molecule is Cc1ncc(C(N)Cc2cncc(Br)c2)s1. The number of aromatic nitrogens is 2. The monoisotopic (exact) mass is 297 g/mol. The summed E-state index contributed by atoms with van der Waals surface area (Å²) in [6.07, 6.45) is 6.26. The number of thiazole rings is 1. The van der Waals surface area contributed by atoms with Crippen LogP contribution in [-0.4, -0.2) is 9.97 Å². The number of rotatable bonds is 3. The van der Waals surface area contributed by atoms with Crippen molar-refractivity contribution in [3.8, 4) is 0 Å². The molecule has 0 spiro atoms. The molecule has 3 nitrogen and oxygen atoms in total. The van der Waals surface area contributed by atoms with E-state index in [1.54, 1.807) is 17.5 Å². The normalized spacial score (nSPS) is 12.7. The van der Waals surface area contributed by atoms with Crippen LogP contribution in [-0.2, 0) is 6.42 Å². The van der Waals surface area contributed by atoms with Crippen LogP contribution in [0.25, 0.3) is 0 Å². The van der Waals surface area contributed by atoms with Gasteiger partial charge in [0.15, 0.2) is 0 Å². The highest BCUT2D eigenvalue weighted by molar-refractivity contribution is 9.10. The molecule has 0 bridgehead atoms. The van der Waals surface area contributed by atoms with Gasteiger partial charge in [-0.1, -0.05) is 0 Å². The molecule has 0 saturated heterocycles. The molecular formula is C11H12BrN3S. The van der Waals surface area contributed by atoms with Crippen molar-refractivity contribution in [2.75, 3.05) is 0 Å². The maximum atomic E-state index is 6.12. The molecule has 0 aromatic carbocycles. The zero-order valence-electron chi connectivity index (χ0n) is 8.85. The van der Waals surface area contributed by atoms with Crippen molar-refractivity contribution in [3.63, 3.8) is 0 Å². The molecule has 5 heteroatoms. The molecule has 0 fully saturated rings. The summed E-state index contributed by atoms with van der Waals surface area (Å²) in [5.41, 5.74) is 7.25. The van der Waals surface area contributed by atoms with Gasteiger partial charge in [0, 0.05) is 34.0 Å². The molecular weight excluding hydrogens is 286 g/mol. The lowest BCUT2D eigenvalue weighted by atomic mass is 10.1. The van der Waals surface area contributed by atoms with E-state index >= 15 is 0 Å². The summed E-state index contributed by atoms with van der Waals surface area (Å²) < 4.78 is 0.984. The van der Waals surface area contributed by atoms with Gasteiger partial charge in [-0.25, -0.2) is 4.98 Å². The fraction of sp³-hybridized carbons (Fsp3) is 0.273. The smallest absolute Gasteiger partial charge is 0.0897 e. The Morgan fingerprint density at radius 3 is 2.88 bits per heavy atom. The first-order valence-electron chi connectivity index (χ1n) is 4.92. The summed E-state index contributed by atoms with van der Waals surface area (Å²) in [5.74, 6) is 0. The number of nitrogens with two attached hydrogens (primary N) is 1. The van der Waals surface area contributed by atoms with Crippen LogP contribution < -0.4 is 5.73 Å². The molecule has 0 amide bonds. The Morgan fingerprint density at radius 1 is 1.44 bits per heavy atom. The van der Waals surface area contributed by atoms with Gasteiger partial charge in [0.25, 0.3) is 0 Å². The number of nitrogens with zero attached hydrogens (tertiary/aromatic N) is 2. The van der Waals surface area contributed by atoms with E-state index in [1.165, 1.54) is 0 Å². The minimum absolute atomic E-state index is 0.00213. The number of hydrogen-bond acceptors (Lipinski definition) is 4. The van der Waals surface area contributed by atoms with Gasteiger partial charge in [0.2, 0.25) is 0 Å². The third-order valence-corrected chi connectivity index (χ3v) is 3.70. The van der Waals surface area contributed by atoms with Crippen LogP contribution in [0.5, 0.6) is 0 Å². The molecule has 2 aromatic heterocycles. The average Bonchev–Trinajstić information content (AvgIpc) is 2.65. The van der Waals surface area contributed by atoms with Crippen molar-refractivity contribution in [2.45, 2.75) is 19.4 Å². The Labute approximate surface area is 107 Å². The number of hydrogen-bond donors (Lipinski definition) is 1. The Hall–Kier alpha value is -0.780. The van der Waals surface area contributed by atoms with Crippen LogP contribution in [0.3, 0.4) is 0 Å². The van der Waals surface area contributed by atoms with Crippen molar-refractivity contribution >= 4 is 27.3 Å². The van der Waals surface area contributed by atoms with Crippen molar-refractivity contribution in [2.24, 2.45) is 5.73 Å². The zero-order chi connectivity index (χ0) is 11.5. The van der Waals surface area contributed by atoms with Gasteiger partial charge in [-0.3, -0.25) is 4.98 Å². The van der Waals surface area contributed by atoms with Gasteiger partial charge in [-0.15, -0.1) is 11.3 Å². The summed E-state index contributed by atoms with van der Waals surface area (Å²) in [6.45, 7) is 1.99. The minimum atomic E-state index is 0.00213. The highest BCUT2D eigenvalue weighted by Gasteiger charge is 2.10. The number of halogens is 1. The molecule has 2 rings (SSSR count). The van der Waals surface area contributed by atoms with E-state index < -0.39 is 0 Å². The second-order valence-corrected chi connectivity index (χ2v) is 5.79. The van der Waals surface area contributed by atoms with Crippen LogP contribution in [0.2, 0.25) is 0 Å². The topological polar surface area (TPSA) is 51.8 Å². The van der Waals surface area contributed by atoms with E-state index in [9.17, 15) is 0 Å². The minimum Gasteiger partial charge on any atom is -0.323 e. The van der Waals surface area contributed by atoms with Crippen LogP contribution in [0.4, 0.5) is 0 Å². The quantitative estimate of drug-likeness (QED) is 0.948. The lowest BCUT2D eigenvalue weighted by molar-refractivity contribution is 0.731. The predicted molar refractivity (Wildman–Crippen MR) is 69.4 cm³/mol. The van der Waals surface area contributed by atoms with Crippen molar-refractivity contribution in [1.82, 2.24) is 9.97 Å². The number of pyridine rings is 1. The highest BCUT2D eigenvalue weighted by atomic mass is 79.9.